The van der Waals surface area contributed by atoms with E-state index >= 15 is 0 Å². The summed E-state index contributed by atoms with van der Waals surface area (Å²) in [7, 11) is 1.26. The van der Waals surface area contributed by atoms with Crippen molar-refractivity contribution in [3.63, 3.8) is 0 Å². The van der Waals surface area contributed by atoms with Gasteiger partial charge in [0.15, 0.2) is 5.96 Å². The first-order valence-electron chi connectivity index (χ1n) is 10.1. The number of hydrogen-bond donors (Lipinski definition) is 4. The average Bonchev–Trinajstić information content (AvgIpc) is 2.73. The minimum Gasteiger partial charge on any atom is -0.467 e. The number of alkyl carbamates (subject to hydrolysis) is 1. The number of guanidine groups is 1. The van der Waals surface area contributed by atoms with Crippen molar-refractivity contribution in [2.24, 2.45) is 22.4 Å². The standard InChI is InChI=1S/C21H33N5O5/c1-14(2)12-17(19(28)30-3)25-18(27)16(10-7-11-24-20(22)23)26-21(29)31-13-15-8-5-4-6-9-15/h4-6,8-9,14,16-17H,7,10-13H2,1-3H3,(H,25,27)(H,26,29)(H4,22,23,24)/t16-,17-/m1/s1. The minimum absolute atomic E-state index is 0.0566. The van der Waals surface area contributed by atoms with Crippen molar-refractivity contribution in [3.8, 4) is 0 Å². The number of nitrogens with zero attached hydrogens (tertiary/aromatic N) is 1. The molecule has 1 aromatic carbocycles. The van der Waals surface area contributed by atoms with Gasteiger partial charge in [-0.25, -0.2) is 9.59 Å². The van der Waals surface area contributed by atoms with Crippen LogP contribution < -0.4 is 22.1 Å². The van der Waals surface area contributed by atoms with Crippen LogP contribution in [0.3, 0.4) is 0 Å². The molecule has 10 heteroatoms. The zero-order valence-corrected chi connectivity index (χ0v) is 18.3. The van der Waals surface area contributed by atoms with Crippen LogP contribution in [0.4, 0.5) is 4.79 Å². The topological polar surface area (TPSA) is 158 Å². The summed E-state index contributed by atoms with van der Waals surface area (Å²) in [6.07, 6.45) is 0.336. The fourth-order valence-electron chi connectivity index (χ4n) is 2.78. The van der Waals surface area contributed by atoms with Gasteiger partial charge in [-0.15, -0.1) is 0 Å². The van der Waals surface area contributed by atoms with Gasteiger partial charge in [-0.05, 0) is 30.7 Å². The van der Waals surface area contributed by atoms with Gasteiger partial charge < -0.3 is 31.6 Å². The Morgan fingerprint density at radius 2 is 1.74 bits per heavy atom. The Morgan fingerprint density at radius 1 is 1.06 bits per heavy atom. The monoisotopic (exact) mass is 435 g/mol. The second kappa shape index (κ2) is 13.8. The lowest BCUT2D eigenvalue weighted by molar-refractivity contribution is -0.145. The van der Waals surface area contributed by atoms with E-state index in [1.54, 1.807) is 0 Å². The van der Waals surface area contributed by atoms with E-state index in [0.717, 1.165) is 5.56 Å². The van der Waals surface area contributed by atoms with Crippen molar-refractivity contribution >= 4 is 23.9 Å². The fourth-order valence-corrected chi connectivity index (χ4v) is 2.78. The molecule has 0 bridgehead atoms. The molecular weight excluding hydrogens is 402 g/mol. The van der Waals surface area contributed by atoms with Crippen LogP contribution in [0.25, 0.3) is 0 Å². The third-order valence-electron chi connectivity index (χ3n) is 4.28. The van der Waals surface area contributed by atoms with Gasteiger partial charge in [-0.1, -0.05) is 44.2 Å². The molecule has 0 spiro atoms. The maximum absolute atomic E-state index is 12.8. The highest BCUT2D eigenvalue weighted by Gasteiger charge is 2.28. The molecule has 0 aliphatic rings. The van der Waals surface area contributed by atoms with Crippen molar-refractivity contribution in [3.05, 3.63) is 35.9 Å². The van der Waals surface area contributed by atoms with Gasteiger partial charge in [-0.2, -0.15) is 0 Å². The highest BCUT2D eigenvalue weighted by atomic mass is 16.5. The number of esters is 1. The van der Waals surface area contributed by atoms with Crippen LogP contribution >= 0.6 is 0 Å². The number of carbonyl (C=O) groups is 3. The third-order valence-corrected chi connectivity index (χ3v) is 4.28. The molecule has 0 heterocycles. The molecule has 0 saturated heterocycles. The predicted octanol–water partition coefficient (Wildman–Crippen LogP) is 1.04. The number of aliphatic imine (C=N–C) groups is 1. The Kier molecular flexibility index (Phi) is 11.5. The van der Waals surface area contributed by atoms with Gasteiger partial charge in [-0.3, -0.25) is 9.79 Å². The quantitative estimate of drug-likeness (QED) is 0.165. The summed E-state index contributed by atoms with van der Waals surface area (Å²) < 4.78 is 9.98. The molecule has 0 unspecified atom stereocenters. The molecule has 1 rings (SSSR count). The van der Waals surface area contributed by atoms with Crippen LogP contribution in [-0.2, 0) is 25.7 Å². The highest BCUT2D eigenvalue weighted by Crippen LogP contribution is 2.08. The lowest BCUT2D eigenvalue weighted by Crippen LogP contribution is -2.52. The van der Waals surface area contributed by atoms with Gasteiger partial charge in [0.1, 0.15) is 18.7 Å². The first-order chi connectivity index (χ1) is 14.7. The maximum Gasteiger partial charge on any atom is 0.408 e. The van der Waals surface area contributed by atoms with Crippen molar-refractivity contribution in [1.82, 2.24) is 10.6 Å². The van der Waals surface area contributed by atoms with Crippen molar-refractivity contribution in [2.75, 3.05) is 13.7 Å². The van der Waals surface area contributed by atoms with Gasteiger partial charge in [0.2, 0.25) is 5.91 Å². The Hall–Kier alpha value is -3.30. The molecule has 31 heavy (non-hydrogen) atoms. The molecule has 0 aliphatic carbocycles. The lowest BCUT2D eigenvalue weighted by Gasteiger charge is -2.23. The number of hydrogen-bond acceptors (Lipinski definition) is 6. The summed E-state index contributed by atoms with van der Waals surface area (Å²) in [6, 6.07) is 7.40. The largest absolute Gasteiger partial charge is 0.467 e. The van der Waals surface area contributed by atoms with E-state index < -0.39 is 30.1 Å². The zero-order valence-electron chi connectivity index (χ0n) is 18.3. The number of nitrogens with one attached hydrogen (secondary N) is 2. The van der Waals surface area contributed by atoms with E-state index in [9.17, 15) is 14.4 Å². The number of benzene rings is 1. The number of rotatable bonds is 12. The fraction of sp³-hybridized carbons (Fsp3) is 0.524. The first-order valence-corrected chi connectivity index (χ1v) is 10.1. The molecular formula is C21H33N5O5. The summed E-state index contributed by atoms with van der Waals surface area (Å²) in [5.41, 5.74) is 11.4. The van der Waals surface area contributed by atoms with E-state index in [0.29, 0.717) is 19.4 Å². The molecule has 172 valence electrons. The van der Waals surface area contributed by atoms with Crippen LogP contribution in [0, 0.1) is 5.92 Å². The molecule has 0 radical (unpaired) electrons. The highest BCUT2D eigenvalue weighted by molar-refractivity contribution is 5.89. The van der Waals surface area contributed by atoms with Gasteiger partial charge >= 0.3 is 12.1 Å². The van der Waals surface area contributed by atoms with Crippen molar-refractivity contribution in [1.29, 1.82) is 0 Å². The Morgan fingerprint density at radius 3 is 2.32 bits per heavy atom. The van der Waals surface area contributed by atoms with E-state index in [-0.39, 0.29) is 24.9 Å². The number of amides is 2. The number of carbonyl (C=O) groups excluding carboxylic acids is 3. The SMILES string of the molecule is COC(=O)[C@@H](CC(C)C)NC(=O)[C@@H](CCCN=C(N)N)NC(=O)OCc1ccccc1. The van der Waals surface area contributed by atoms with Crippen molar-refractivity contribution < 1.29 is 23.9 Å². The van der Waals surface area contributed by atoms with E-state index in [4.69, 9.17) is 20.9 Å². The molecule has 0 aromatic heterocycles. The minimum atomic E-state index is -0.934. The maximum atomic E-state index is 12.8. The summed E-state index contributed by atoms with van der Waals surface area (Å²) in [5, 5.41) is 5.21. The molecule has 2 amide bonds. The van der Waals surface area contributed by atoms with Gasteiger partial charge in [0, 0.05) is 6.54 Å². The number of methoxy groups -OCH3 is 1. The summed E-state index contributed by atoms with van der Waals surface area (Å²) in [4.78, 5) is 41.0. The molecule has 0 fully saturated rings. The molecule has 1 aromatic rings. The van der Waals surface area contributed by atoms with Crippen LogP contribution in [-0.4, -0.2) is 49.7 Å². The summed E-state index contributed by atoms with van der Waals surface area (Å²) >= 11 is 0. The van der Waals surface area contributed by atoms with Crippen LogP contribution in [0.2, 0.25) is 0 Å². The normalized spacial score (nSPS) is 12.4. The number of nitrogens with two attached hydrogens (primary N) is 2. The van der Waals surface area contributed by atoms with E-state index in [2.05, 4.69) is 15.6 Å². The smallest absolute Gasteiger partial charge is 0.408 e. The Bertz CT molecular complexity index is 735. The molecule has 6 N–H and O–H groups in total. The van der Waals surface area contributed by atoms with E-state index in [1.165, 1.54) is 7.11 Å². The molecule has 0 saturated carbocycles. The average molecular weight is 436 g/mol. The zero-order chi connectivity index (χ0) is 23.2. The Labute approximate surface area is 182 Å². The van der Waals surface area contributed by atoms with Crippen LogP contribution in [0.1, 0.15) is 38.7 Å². The third kappa shape index (κ3) is 10.9. The lowest BCUT2D eigenvalue weighted by atomic mass is 10.0. The second-order valence-corrected chi connectivity index (χ2v) is 7.42. The summed E-state index contributed by atoms with van der Waals surface area (Å²) in [5.74, 6) is -0.974. The Balaban J connectivity index is 2.77. The predicted molar refractivity (Wildman–Crippen MR) is 117 cm³/mol. The number of ether oxygens (including phenoxy) is 2. The van der Waals surface area contributed by atoms with E-state index in [1.807, 2.05) is 44.2 Å². The van der Waals surface area contributed by atoms with Gasteiger partial charge in [0.05, 0.1) is 7.11 Å². The molecule has 2 atom stereocenters. The molecule has 0 aliphatic heterocycles. The van der Waals surface area contributed by atoms with Crippen molar-refractivity contribution in [2.45, 2.75) is 51.8 Å². The molecule has 10 nitrogen and oxygen atoms in total. The first kappa shape index (κ1) is 25.7. The van der Waals surface area contributed by atoms with Gasteiger partial charge in [0.25, 0.3) is 0 Å². The second-order valence-electron chi connectivity index (χ2n) is 7.42. The van der Waals surface area contributed by atoms with Crippen LogP contribution in [0.15, 0.2) is 35.3 Å². The van der Waals surface area contributed by atoms with Crippen LogP contribution in [0.5, 0.6) is 0 Å². The summed E-state index contributed by atoms with van der Waals surface area (Å²) in [6.45, 7) is 4.20.